The van der Waals surface area contributed by atoms with Gasteiger partial charge in [-0.05, 0) is 101 Å². The lowest BCUT2D eigenvalue weighted by molar-refractivity contribution is 1.14. The Morgan fingerprint density at radius 3 is 0.878 bits per heavy atom. The summed E-state index contributed by atoms with van der Waals surface area (Å²) >= 11 is 0. The minimum Gasteiger partial charge on any atom is -0.309 e. The molecule has 0 aliphatic rings. The summed E-state index contributed by atoms with van der Waals surface area (Å²) in [5, 5.41) is 26.6. The van der Waals surface area contributed by atoms with Crippen molar-refractivity contribution >= 4 is 43.6 Å². The normalized spacial score (nSPS) is 11.3. The SMILES string of the molecule is N#Cc1cccc(-c2cc(-n3c4cc(-c5ccc(-c6ccccc6)nc5)ccc4c4ccc(-c5ccc(-c6ccccc6)nc5)cc43)c(C#N)cc2-n2c3cc(-c4ccc(-c5ccccc5)nc4)ccc3c3ccc(-c4ccc(-c5ccccc5)nc4)cc32)c1. The Kier molecular flexibility index (Phi) is 13.1. The molecule has 0 bridgehead atoms. The van der Waals surface area contributed by atoms with Crippen molar-refractivity contribution in [1.82, 2.24) is 29.1 Å². The van der Waals surface area contributed by atoms with Crippen molar-refractivity contribution < 1.29 is 0 Å². The molecular weight excluding hydrogens is 1100 g/mol. The molecule has 16 rings (SSSR count). The molecule has 0 radical (unpaired) electrons. The highest BCUT2D eigenvalue weighted by atomic mass is 15.0. The van der Waals surface area contributed by atoms with E-state index >= 15 is 0 Å². The standard InChI is InChI=1S/C82H50N8/c83-47-53-14-13-23-62(40-53)72-46-77(89-78-41-58(63-28-36-73(85-49-63)54-15-5-1-6-16-54)24-32-68(78)69-33-25-59(42-79(69)89)64-29-37-74(86-50-64)55-17-7-2-8-18-55)67(48-84)45-82(72)90-80-43-60(65-30-38-75(87-51-65)56-19-9-3-10-20-56)26-34-70(80)71-35-27-61(44-81(71)90)66-31-39-76(88-52-66)57-21-11-4-12-22-57/h1-46,49-52H. The van der Waals surface area contributed by atoms with Crippen LogP contribution in [0.4, 0.5) is 0 Å². The van der Waals surface area contributed by atoms with E-state index in [0.29, 0.717) is 16.8 Å². The molecule has 8 heteroatoms. The molecule has 10 aromatic carbocycles. The number of hydrogen-bond acceptors (Lipinski definition) is 6. The molecule has 0 amide bonds. The summed E-state index contributed by atoms with van der Waals surface area (Å²) in [6, 6.07) is 101. The predicted molar refractivity (Wildman–Crippen MR) is 365 cm³/mol. The van der Waals surface area contributed by atoms with Crippen LogP contribution in [-0.4, -0.2) is 29.1 Å². The molecule has 0 aliphatic heterocycles. The number of nitriles is 2. The highest BCUT2D eigenvalue weighted by Gasteiger charge is 2.24. The van der Waals surface area contributed by atoms with Gasteiger partial charge in [0.05, 0.1) is 73.4 Å². The summed E-state index contributed by atoms with van der Waals surface area (Å²) in [5.41, 5.74) is 23.2. The van der Waals surface area contributed by atoms with Crippen molar-refractivity contribution in [2.75, 3.05) is 0 Å². The van der Waals surface area contributed by atoms with Gasteiger partial charge in [-0.2, -0.15) is 10.5 Å². The van der Waals surface area contributed by atoms with Gasteiger partial charge in [0, 0.05) is 96.4 Å². The zero-order valence-corrected chi connectivity index (χ0v) is 48.4. The highest BCUT2D eigenvalue weighted by molar-refractivity contribution is 6.13. The summed E-state index contributed by atoms with van der Waals surface area (Å²) in [6.07, 6.45) is 7.76. The van der Waals surface area contributed by atoms with Gasteiger partial charge < -0.3 is 9.13 Å². The van der Waals surface area contributed by atoms with Crippen molar-refractivity contribution in [3.8, 4) is 124 Å². The first kappa shape index (κ1) is 52.9. The minimum absolute atomic E-state index is 0.450. The maximum Gasteiger partial charge on any atom is 0.101 e. The molecule has 16 aromatic rings. The van der Waals surface area contributed by atoms with E-state index in [-0.39, 0.29) is 0 Å². The van der Waals surface area contributed by atoms with Crippen LogP contribution < -0.4 is 0 Å². The van der Waals surface area contributed by atoms with Crippen molar-refractivity contribution in [3.63, 3.8) is 0 Å². The summed E-state index contributed by atoms with van der Waals surface area (Å²) in [6.45, 7) is 0. The number of benzene rings is 10. The first-order valence-electron chi connectivity index (χ1n) is 29.8. The Labute approximate surface area is 519 Å². The number of rotatable bonds is 11. The topological polar surface area (TPSA) is 109 Å². The lowest BCUT2D eigenvalue weighted by Gasteiger charge is -2.19. The van der Waals surface area contributed by atoms with Gasteiger partial charge in [-0.15, -0.1) is 0 Å². The molecule has 0 N–H and O–H groups in total. The molecule has 6 heterocycles. The van der Waals surface area contributed by atoms with Crippen molar-refractivity contribution in [1.29, 1.82) is 10.5 Å². The number of nitrogens with zero attached hydrogens (tertiary/aromatic N) is 8. The van der Waals surface area contributed by atoms with Crippen LogP contribution in [0.2, 0.25) is 0 Å². The summed E-state index contributed by atoms with van der Waals surface area (Å²) in [5.74, 6) is 0. The van der Waals surface area contributed by atoms with Gasteiger partial charge in [0.2, 0.25) is 0 Å². The van der Waals surface area contributed by atoms with Gasteiger partial charge >= 0.3 is 0 Å². The van der Waals surface area contributed by atoms with Gasteiger partial charge in [-0.3, -0.25) is 19.9 Å². The quantitative estimate of drug-likeness (QED) is 0.128. The first-order chi connectivity index (χ1) is 44.5. The molecule has 0 aliphatic carbocycles. The molecular formula is C82H50N8. The van der Waals surface area contributed by atoms with Crippen LogP contribution >= 0.6 is 0 Å². The van der Waals surface area contributed by atoms with E-state index in [0.717, 1.165) is 150 Å². The molecule has 0 saturated carbocycles. The third kappa shape index (κ3) is 9.51. The maximum atomic E-state index is 11.9. The number of fused-ring (bicyclic) bond motifs is 6. The van der Waals surface area contributed by atoms with E-state index in [2.05, 4.69) is 203 Å². The van der Waals surface area contributed by atoms with Crippen LogP contribution in [0.1, 0.15) is 11.1 Å². The molecule has 90 heavy (non-hydrogen) atoms. The van der Waals surface area contributed by atoms with E-state index < -0.39 is 0 Å². The summed E-state index contributed by atoms with van der Waals surface area (Å²) in [4.78, 5) is 19.8. The van der Waals surface area contributed by atoms with E-state index in [1.54, 1.807) is 0 Å². The van der Waals surface area contributed by atoms with E-state index in [1.165, 1.54) is 0 Å². The summed E-state index contributed by atoms with van der Waals surface area (Å²) < 4.78 is 4.55. The van der Waals surface area contributed by atoms with E-state index in [4.69, 9.17) is 19.9 Å². The second-order valence-electron chi connectivity index (χ2n) is 22.5. The van der Waals surface area contributed by atoms with Crippen molar-refractivity contribution in [2.24, 2.45) is 0 Å². The minimum atomic E-state index is 0.450. The average molecular weight is 1150 g/mol. The van der Waals surface area contributed by atoms with Crippen LogP contribution in [0.5, 0.6) is 0 Å². The Bertz CT molecular complexity index is 5210. The predicted octanol–water partition coefficient (Wildman–Crippen LogP) is 20.2. The smallest absolute Gasteiger partial charge is 0.101 e. The Balaban J connectivity index is 0.939. The second-order valence-corrected chi connectivity index (χ2v) is 22.5. The van der Waals surface area contributed by atoms with Gasteiger partial charge in [-0.25, -0.2) is 0 Å². The van der Waals surface area contributed by atoms with Crippen LogP contribution in [0.25, 0.3) is 156 Å². The molecule has 8 nitrogen and oxygen atoms in total. The van der Waals surface area contributed by atoms with Crippen LogP contribution in [0, 0.1) is 22.7 Å². The third-order valence-corrected chi connectivity index (χ3v) is 17.2. The number of hydrogen-bond donors (Lipinski definition) is 0. The van der Waals surface area contributed by atoms with E-state index in [9.17, 15) is 10.5 Å². The fourth-order valence-electron chi connectivity index (χ4n) is 12.7. The Morgan fingerprint density at radius 1 is 0.244 bits per heavy atom. The summed E-state index contributed by atoms with van der Waals surface area (Å²) in [7, 11) is 0. The van der Waals surface area contributed by atoms with E-state index in [1.807, 2.05) is 122 Å². The largest absolute Gasteiger partial charge is 0.309 e. The second kappa shape index (κ2) is 22.3. The molecule has 6 aromatic heterocycles. The first-order valence-corrected chi connectivity index (χ1v) is 29.8. The highest BCUT2D eigenvalue weighted by Crippen LogP contribution is 2.44. The molecule has 0 atom stereocenters. The molecule has 418 valence electrons. The maximum absolute atomic E-state index is 11.9. The zero-order chi connectivity index (χ0) is 60.1. The zero-order valence-electron chi connectivity index (χ0n) is 48.4. The van der Waals surface area contributed by atoms with Gasteiger partial charge in [-0.1, -0.05) is 206 Å². The molecule has 0 unspecified atom stereocenters. The van der Waals surface area contributed by atoms with Crippen LogP contribution in [0.3, 0.4) is 0 Å². The number of aromatic nitrogens is 6. The Hall–Kier alpha value is -12.6. The monoisotopic (exact) mass is 1150 g/mol. The average Bonchev–Trinajstić information content (AvgIpc) is 1.57. The van der Waals surface area contributed by atoms with Crippen molar-refractivity contribution in [2.45, 2.75) is 0 Å². The fraction of sp³-hybridized carbons (Fsp3) is 0. The lowest BCUT2D eigenvalue weighted by atomic mass is 9.97. The van der Waals surface area contributed by atoms with Crippen LogP contribution in [0.15, 0.2) is 304 Å². The van der Waals surface area contributed by atoms with Crippen LogP contribution in [-0.2, 0) is 0 Å². The van der Waals surface area contributed by atoms with Gasteiger partial charge in [0.15, 0.2) is 0 Å². The third-order valence-electron chi connectivity index (χ3n) is 17.2. The van der Waals surface area contributed by atoms with Gasteiger partial charge in [0.25, 0.3) is 0 Å². The molecule has 0 spiro atoms. The Morgan fingerprint density at radius 2 is 0.567 bits per heavy atom. The molecule has 0 saturated heterocycles. The van der Waals surface area contributed by atoms with Crippen molar-refractivity contribution in [3.05, 3.63) is 315 Å². The lowest BCUT2D eigenvalue weighted by Crippen LogP contribution is -2.04. The fourth-order valence-corrected chi connectivity index (χ4v) is 12.7. The number of pyridine rings is 4. The molecule has 0 fully saturated rings. The van der Waals surface area contributed by atoms with Gasteiger partial charge in [0.1, 0.15) is 6.07 Å².